The van der Waals surface area contributed by atoms with E-state index in [0.717, 1.165) is 28.8 Å². The summed E-state index contributed by atoms with van der Waals surface area (Å²) in [6, 6.07) is 14.4. The summed E-state index contributed by atoms with van der Waals surface area (Å²) >= 11 is 0. The van der Waals surface area contributed by atoms with Crippen molar-refractivity contribution in [1.82, 2.24) is 0 Å². The SMILES string of the molecule is CCC1C(=O)N(CC)c2ccc(C(N)c3ccc(C)cc3)cc21. The summed E-state index contributed by atoms with van der Waals surface area (Å²) in [5.41, 5.74) is 12.0. The molecule has 0 aliphatic carbocycles. The smallest absolute Gasteiger partial charge is 0.234 e. The van der Waals surface area contributed by atoms with Crippen molar-refractivity contribution in [3.8, 4) is 0 Å². The maximum absolute atomic E-state index is 12.5. The first-order valence-corrected chi connectivity index (χ1v) is 8.34. The van der Waals surface area contributed by atoms with Gasteiger partial charge in [-0.05, 0) is 43.0 Å². The first kappa shape index (κ1) is 15.8. The van der Waals surface area contributed by atoms with Crippen LogP contribution in [0.25, 0.3) is 0 Å². The molecule has 23 heavy (non-hydrogen) atoms. The number of carbonyl (C=O) groups excluding carboxylic acids is 1. The van der Waals surface area contributed by atoms with Gasteiger partial charge in [0.15, 0.2) is 0 Å². The molecular formula is C20H24N2O. The number of carbonyl (C=O) groups is 1. The molecule has 1 aliphatic heterocycles. The zero-order chi connectivity index (χ0) is 16.6. The molecule has 2 aromatic carbocycles. The van der Waals surface area contributed by atoms with E-state index in [1.807, 2.05) is 11.8 Å². The maximum atomic E-state index is 12.5. The van der Waals surface area contributed by atoms with Crippen LogP contribution in [0.2, 0.25) is 0 Å². The van der Waals surface area contributed by atoms with Crippen LogP contribution in [0.3, 0.4) is 0 Å². The highest BCUT2D eigenvalue weighted by Crippen LogP contribution is 2.40. The molecule has 0 fully saturated rings. The van der Waals surface area contributed by atoms with Crippen LogP contribution in [-0.4, -0.2) is 12.5 Å². The maximum Gasteiger partial charge on any atom is 0.234 e. The first-order chi connectivity index (χ1) is 11.1. The molecule has 120 valence electrons. The molecule has 2 N–H and O–H groups in total. The molecule has 1 aliphatic rings. The van der Waals surface area contributed by atoms with Crippen molar-refractivity contribution in [1.29, 1.82) is 0 Å². The van der Waals surface area contributed by atoms with Gasteiger partial charge in [0.1, 0.15) is 0 Å². The highest BCUT2D eigenvalue weighted by atomic mass is 16.2. The summed E-state index contributed by atoms with van der Waals surface area (Å²) in [6.45, 7) is 6.87. The fourth-order valence-electron chi connectivity index (χ4n) is 3.42. The average molecular weight is 308 g/mol. The number of fused-ring (bicyclic) bond motifs is 1. The number of hydrogen-bond donors (Lipinski definition) is 1. The van der Waals surface area contributed by atoms with Gasteiger partial charge in [-0.2, -0.15) is 0 Å². The molecule has 2 aromatic rings. The quantitative estimate of drug-likeness (QED) is 0.931. The van der Waals surface area contributed by atoms with Crippen LogP contribution in [0.4, 0.5) is 5.69 Å². The van der Waals surface area contributed by atoms with Crippen molar-refractivity contribution in [3.05, 3.63) is 64.7 Å². The summed E-state index contributed by atoms with van der Waals surface area (Å²) in [4.78, 5) is 14.4. The summed E-state index contributed by atoms with van der Waals surface area (Å²) in [5.74, 6) is 0.182. The summed E-state index contributed by atoms with van der Waals surface area (Å²) < 4.78 is 0. The van der Waals surface area contributed by atoms with E-state index in [1.165, 1.54) is 5.56 Å². The first-order valence-electron chi connectivity index (χ1n) is 8.34. The number of nitrogens with zero attached hydrogens (tertiary/aromatic N) is 1. The van der Waals surface area contributed by atoms with Crippen molar-refractivity contribution in [2.45, 2.75) is 39.2 Å². The highest BCUT2D eigenvalue weighted by molar-refractivity contribution is 6.04. The Morgan fingerprint density at radius 1 is 1.09 bits per heavy atom. The summed E-state index contributed by atoms with van der Waals surface area (Å²) in [7, 11) is 0. The van der Waals surface area contributed by atoms with Gasteiger partial charge in [0.25, 0.3) is 0 Å². The number of hydrogen-bond acceptors (Lipinski definition) is 2. The molecule has 3 rings (SSSR count). The third kappa shape index (κ3) is 2.66. The van der Waals surface area contributed by atoms with Crippen LogP contribution < -0.4 is 10.6 Å². The Morgan fingerprint density at radius 2 is 1.74 bits per heavy atom. The molecule has 1 amide bonds. The van der Waals surface area contributed by atoms with Crippen LogP contribution in [0, 0.1) is 6.92 Å². The highest BCUT2D eigenvalue weighted by Gasteiger charge is 2.35. The van der Waals surface area contributed by atoms with Crippen molar-refractivity contribution in [2.75, 3.05) is 11.4 Å². The minimum Gasteiger partial charge on any atom is -0.320 e. The Bertz CT molecular complexity index is 721. The Labute approximate surface area is 138 Å². The van der Waals surface area contributed by atoms with Gasteiger partial charge in [-0.25, -0.2) is 0 Å². The third-order valence-electron chi connectivity index (χ3n) is 4.80. The predicted molar refractivity (Wildman–Crippen MR) is 94.7 cm³/mol. The number of likely N-dealkylation sites (N-methyl/N-ethyl adjacent to an activating group) is 1. The Morgan fingerprint density at radius 3 is 2.35 bits per heavy atom. The fourth-order valence-corrected chi connectivity index (χ4v) is 3.42. The zero-order valence-electron chi connectivity index (χ0n) is 14.0. The van der Waals surface area contributed by atoms with E-state index in [4.69, 9.17) is 5.73 Å². The lowest BCUT2D eigenvalue weighted by atomic mass is 9.92. The fraction of sp³-hybridized carbons (Fsp3) is 0.350. The average Bonchev–Trinajstić information content (AvgIpc) is 2.84. The van der Waals surface area contributed by atoms with Crippen LogP contribution in [0.5, 0.6) is 0 Å². The molecule has 0 radical (unpaired) electrons. The number of nitrogens with two attached hydrogens (primary N) is 1. The molecular weight excluding hydrogens is 284 g/mol. The molecule has 3 nitrogen and oxygen atoms in total. The van der Waals surface area contributed by atoms with Gasteiger partial charge in [0, 0.05) is 12.2 Å². The second-order valence-electron chi connectivity index (χ2n) is 6.25. The number of amides is 1. The molecule has 3 heteroatoms. The molecule has 2 atom stereocenters. The molecule has 1 heterocycles. The van der Waals surface area contributed by atoms with E-state index in [2.05, 4.69) is 56.3 Å². The van der Waals surface area contributed by atoms with E-state index in [0.29, 0.717) is 6.54 Å². The van der Waals surface area contributed by atoms with Crippen LogP contribution in [0.1, 0.15) is 54.5 Å². The molecule has 0 bridgehead atoms. The van der Waals surface area contributed by atoms with Gasteiger partial charge >= 0.3 is 0 Å². The molecule has 2 unspecified atom stereocenters. The number of aryl methyl sites for hydroxylation is 1. The minimum absolute atomic E-state index is 0.0323. The molecule has 0 spiro atoms. The van der Waals surface area contributed by atoms with E-state index in [-0.39, 0.29) is 17.9 Å². The summed E-state index contributed by atoms with van der Waals surface area (Å²) in [5, 5.41) is 0. The number of benzene rings is 2. The van der Waals surface area contributed by atoms with Crippen molar-refractivity contribution >= 4 is 11.6 Å². The van der Waals surface area contributed by atoms with Crippen molar-refractivity contribution < 1.29 is 4.79 Å². The largest absolute Gasteiger partial charge is 0.320 e. The Balaban J connectivity index is 1.99. The van der Waals surface area contributed by atoms with Gasteiger partial charge in [0.2, 0.25) is 5.91 Å². The predicted octanol–water partition coefficient (Wildman–Crippen LogP) is 3.90. The third-order valence-corrected chi connectivity index (χ3v) is 4.80. The summed E-state index contributed by atoms with van der Waals surface area (Å²) in [6.07, 6.45) is 0.825. The van der Waals surface area contributed by atoms with Gasteiger partial charge in [-0.3, -0.25) is 4.79 Å². The normalized spacial score (nSPS) is 18.2. The zero-order valence-corrected chi connectivity index (χ0v) is 14.0. The molecule has 0 saturated heterocycles. The Hall–Kier alpha value is -2.13. The van der Waals surface area contributed by atoms with E-state index in [1.54, 1.807) is 0 Å². The second-order valence-corrected chi connectivity index (χ2v) is 6.25. The monoisotopic (exact) mass is 308 g/mol. The Kier molecular flexibility index (Phi) is 4.22. The number of anilines is 1. The topological polar surface area (TPSA) is 46.3 Å². The molecule has 0 aromatic heterocycles. The van der Waals surface area contributed by atoms with E-state index in [9.17, 15) is 4.79 Å². The standard InChI is InChI=1S/C20H24N2O/c1-4-16-17-12-15(10-11-18(17)22(5-2)20(16)23)19(21)14-8-6-13(3)7-9-14/h6-12,16,19H,4-5,21H2,1-3H3. The van der Waals surface area contributed by atoms with E-state index >= 15 is 0 Å². The van der Waals surface area contributed by atoms with Crippen LogP contribution >= 0.6 is 0 Å². The van der Waals surface area contributed by atoms with Crippen LogP contribution in [-0.2, 0) is 4.79 Å². The minimum atomic E-state index is -0.163. The van der Waals surface area contributed by atoms with Gasteiger partial charge in [0.05, 0.1) is 12.0 Å². The second kappa shape index (κ2) is 6.17. The van der Waals surface area contributed by atoms with Crippen molar-refractivity contribution in [3.63, 3.8) is 0 Å². The van der Waals surface area contributed by atoms with Gasteiger partial charge < -0.3 is 10.6 Å². The van der Waals surface area contributed by atoms with Gasteiger partial charge in [-0.1, -0.05) is 48.9 Å². The van der Waals surface area contributed by atoms with Crippen LogP contribution in [0.15, 0.2) is 42.5 Å². The van der Waals surface area contributed by atoms with Crippen molar-refractivity contribution in [2.24, 2.45) is 5.73 Å². The van der Waals surface area contributed by atoms with E-state index < -0.39 is 0 Å². The lowest BCUT2D eigenvalue weighted by Crippen LogP contribution is -2.28. The lowest BCUT2D eigenvalue weighted by Gasteiger charge is -2.17. The lowest BCUT2D eigenvalue weighted by molar-refractivity contribution is -0.119. The number of rotatable bonds is 4. The molecule has 0 saturated carbocycles. The van der Waals surface area contributed by atoms with Gasteiger partial charge in [-0.15, -0.1) is 0 Å².